The standard InChI is InChI=1S/C30H31NO6S/c1-20-4-5-21(16-29(33)30(12-13-30)23-8-11-27-28(17-23)37-19-36-27)15-26(20)22-6-9-25(10-7-22)38(34,35)31-14-2-3-24(32)18-31/h4-11,15,17,24,32H,2-3,12-14,16,18-19H2,1H3. The van der Waals surface area contributed by atoms with E-state index in [4.69, 9.17) is 9.47 Å². The summed E-state index contributed by atoms with van der Waals surface area (Å²) in [6.07, 6.45) is 2.64. The summed E-state index contributed by atoms with van der Waals surface area (Å²) >= 11 is 0. The Hall–Kier alpha value is -3.20. The van der Waals surface area contributed by atoms with Gasteiger partial charge in [-0.3, -0.25) is 4.79 Å². The summed E-state index contributed by atoms with van der Waals surface area (Å²) in [7, 11) is -3.66. The monoisotopic (exact) mass is 533 g/mol. The molecule has 198 valence electrons. The van der Waals surface area contributed by atoms with Crippen LogP contribution in [0.15, 0.2) is 65.6 Å². The van der Waals surface area contributed by atoms with E-state index >= 15 is 0 Å². The zero-order valence-corrected chi connectivity index (χ0v) is 22.2. The van der Waals surface area contributed by atoms with E-state index < -0.39 is 21.5 Å². The van der Waals surface area contributed by atoms with E-state index in [2.05, 4.69) is 0 Å². The number of benzene rings is 3. The molecule has 38 heavy (non-hydrogen) atoms. The van der Waals surface area contributed by atoms with Gasteiger partial charge in [-0.15, -0.1) is 0 Å². The average Bonchev–Trinajstić information content (AvgIpc) is 3.60. The number of sulfonamides is 1. The number of nitrogens with zero attached hydrogens (tertiary/aromatic N) is 1. The number of hydrogen-bond donors (Lipinski definition) is 1. The number of rotatable bonds is 7. The first-order valence-corrected chi connectivity index (χ1v) is 14.5. The number of carbonyl (C=O) groups is 1. The highest BCUT2D eigenvalue weighted by atomic mass is 32.2. The molecule has 2 heterocycles. The molecule has 1 unspecified atom stereocenters. The van der Waals surface area contributed by atoms with Crippen molar-refractivity contribution in [3.8, 4) is 22.6 Å². The number of aryl methyl sites for hydroxylation is 1. The summed E-state index contributed by atoms with van der Waals surface area (Å²) < 4.78 is 38.4. The van der Waals surface area contributed by atoms with Crippen LogP contribution in [0.2, 0.25) is 0 Å². The van der Waals surface area contributed by atoms with Crippen molar-refractivity contribution in [2.24, 2.45) is 0 Å². The van der Waals surface area contributed by atoms with Gasteiger partial charge < -0.3 is 14.6 Å². The van der Waals surface area contributed by atoms with Crippen molar-refractivity contribution in [1.82, 2.24) is 4.31 Å². The second-order valence-electron chi connectivity index (χ2n) is 10.6. The molecule has 1 saturated carbocycles. The number of piperidine rings is 1. The number of aliphatic hydroxyl groups excluding tert-OH is 1. The van der Waals surface area contributed by atoms with Gasteiger partial charge in [0.05, 0.1) is 16.4 Å². The Morgan fingerprint density at radius 2 is 1.79 bits per heavy atom. The Morgan fingerprint density at radius 1 is 1.03 bits per heavy atom. The average molecular weight is 534 g/mol. The van der Waals surface area contributed by atoms with Crippen LogP contribution in [-0.2, 0) is 26.7 Å². The minimum Gasteiger partial charge on any atom is -0.454 e. The summed E-state index contributed by atoms with van der Waals surface area (Å²) in [5.41, 5.74) is 4.36. The van der Waals surface area contributed by atoms with E-state index in [0.717, 1.165) is 40.7 Å². The third-order valence-electron chi connectivity index (χ3n) is 8.04. The Labute approximate surface area is 223 Å². The minimum atomic E-state index is -3.66. The predicted molar refractivity (Wildman–Crippen MR) is 143 cm³/mol. The van der Waals surface area contributed by atoms with Gasteiger partial charge in [-0.05, 0) is 84.7 Å². The van der Waals surface area contributed by atoms with Gasteiger partial charge in [-0.2, -0.15) is 4.31 Å². The first-order valence-electron chi connectivity index (χ1n) is 13.1. The first-order chi connectivity index (χ1) is 18.3. The van der Waals surface area contributed by atoms with Gasteiger partial charge in [0.2, 0.25) is 16.8 Å². The van der Waals surface area contributed by atoms with Crippen LogP contribution in [0.1, 0.15) is 42.4 Å². The smallest absolute Gasteiger partial charge is 0.243 e. The quantitative estimate of drug-likeness (QED) is 0.485. The van der Waals surface area contributed by atoms with Crippen molar-refractivity contribution < 1.29 is 27.8 Å². The van der Waals surface area contributed by atoms with Gasteiger partial charge in [0, 0.05) is 19.5 Å². The van der Waals surface area contributed by atoms with E-state index in [1.807, 2.05) is 55.5 Å². The summed E-state index contributed by atoms with van der Waals surface area (Å²) in [6, 6.07) is 18.7. The Morgan fingerprint density at radius 3 is 2.53 bits per heavy atom. The number of β-amino-alcohol motifs (C(OH)–C–C–N with tert-alkyl or cyclic N) is 1. The minimum absolute atomic E-state index is 0.132. The van der Waals surface area contributed by atoms with Crippen LogP contribution < -0.4 is 9.47 Å². The molecule has 1 aliphatic carbocycles. The van der Waals surface area contributed by atoms with Crippen molar-refractivity contribution in [3.05, 3.63) is 77.4 Å². The topological polar surface area (TPSA) is 93.1 Å². The van der Waals surface area contributed by atoms with E-state index in [1.54, 1.807) is 12.1 Å². The Balaban J connectivity index is 1.21. The van der Waals surface area contributed by atoms with Crippen LogP contribution >= 0.6 is 0 Å². The maximum atomic E-state index is 13.5. The molecule has 6 rings (SSSR count). The lowest BCUT2D eigenvalue weighted by Gasteiger charge is -2.29. The van der Waals surface area contributed by atoms with Crippen LogP contribution in [0, 0.1) is 6.92 Å². The molecule has 0 spiro atoms. The number of ether oxygens (including phenoxy) is 2. The zero-order chi connectivity index (χ0) is 26.5. The van der Waals surface area contributed by atoms with E-state index in [0.29, 0.717) is 37.3 Å². The summed E-state index contributed by atoms with van der Waals surface area (Å²) in [6.45, 7) is 2.77. The van der Waals surface area contributed by atoms with E-state index in [-0.39, 0.29) is 24.0 Å². The molecule has 1 atom stereocenters. The summed E-state index contributed by atoms with van der Waals surface area (Å²) in [4.78, 5) is 13.7. The summed E-state index contributed by atoms with van der Waals surface area (Å²) in [5, 5.41) is 9.92. The molecule has 3 aliphatic rings. The Bertz CT molecular complexity index is 1490. The van der Waals surface area contributed by atoms with Crippen LogP contribution in [0.3, 0.4) is 0 Å². The molecule has 8 heteroatoms. The maximum absolute atomic E-state index is 13.5. The third-order valence-corrected chi connectivity index (χ3v) is 9.92. The lowest BCUT2D eigenvalue weighted by Crippen LogP contribution is -2.42. The summed E-state index contributed by atoms with van der Waals surface area (Å²) in [5.74, 6) is 1.60. The largest absolute Gasteiger partial charge is 0.454 e. The molecular formula is C30H31NO6S. The van der Waals surface area contributed by atoms with Gasteiger partial charge in [-0.25, -0.2) is 8.42 Å². The number of Topliss-reactive ketones (excluding diaryl/α,β-unsaturated/α-hetero) is 1. The number of fused-ring (bicyclic) bond motifs is 1. The molecule has 2 fully saturated rings. The van der Waals surface area contributed by atoms with Gasteiger partial charge in [0.15, 0.2) is 11.5 Å². The van der Waals surface area contributed by atoms with Crippen LogP contribution in [0.25, 0.3) is 11.1 Å². The van der Waals surface area contributed by atoms with Crippen molar-refractivity contribution in [2.45, 2.75) is 55.4 Å². The zero-order valence-electron chi connectivity index (χ0n) is 21.4. The fourth-order valence-electron chi connectivity index (χ4n) is 5.59. The molecule has 3 aromatic carbocycles. The molecule has 1 N–H and O–H groups in total. The van der Waals surface area contributed by atoms with Crippen LogP contribution in [0.5, 0.6) is 11.5 Å². The van der Waals surface area contributed by atoms with Crippen molar-refractivity contribution in [2.75, 3.05) is 19.9 Å². The van der Waals surface area contributed by atoms with Crippen LogP contribution in [0.4, 0.5) is 0 Å². The molecule has 2 aliphatic heterocycles. The first kappa shape index (κ1) is 25.1. The van der Waals surface area contributed by atoms with Gasteiger partial charge >= 0.3 is 0 Å². The second kappa shape index (κ2) is 9.52. The Kier molecular flexibility index (Phi) is 6.29. The molecule has 0 bridgehead atoms. The van der Waals surface area contributed by atoms with E-state index in [1.165, 1.54) is 4.31 Å². The fraction of sp³-hybridized carbons (Fsp3) is 0.367. The highest BCUT2D eigenvalue weighted by Crippen LogP contribution is 2.51. The van der Waals surface area contributed by atoms with Gasteiger partial charge in [0.25, 0.3) is 0 Å². The van der Waals surface area contributed by atoms with Gasteiger partial charge in [-0.1, -0.05) is 36.4 Å². The molecule has 0 radical (unpaired) electrons. The SMILES string of the molecule is Cc1ccc(CC(=O)C2(c3ccc4c(c3)OCO4)CC2)cc1-c1ccc(S(=O)(=O)N2CCCC(O)C2)cc1. The second-order valence-corrected chi connectivity index (χ2v) is 12.5. The maximum Gasteiger partial charge on any atom is 0.243 e. The van der Waals surface area contributed by atoms with Crippen molar-refractivity contribution >= 4 is 15.8 Å². The predicted octanol–water partition coefficient (Wildman–Crippen LogP) is 4.38. The van der Waals surface area contributed by atoms with Gasteiger partial charge in [0.1, 0.15) is 5.78 Å². The highest BCUT2D eigenvalue weighted by Gasteiger charge is 2.50. The lowest BCUT2D eigenvalue weighted by molar-refractivity contribution is -0.120. The fourth-order valence-corrected chi connectivity index (χ4v) is 7.10. The normalized spacial score (nSPS) is 20.3. The lowest BCUT2D eigenvalue weighted by atomic mass is 9.87. The molecule has 1 saturated heterocycles. The molecule has 0 amide bonds. The number of aliphatic hydroxyl groups is 1. The molecular weight excluding hydrogens is 502 g/mol. The third kappa shape index (κ3) is 4.51. The van der Waals surface area contributed by atoms with E-state index in [9.17, 15) is 18.3 Å². The molecule has 3 aromatic rings. The molecule has 0 aromatic heterocycles. The number of carbonyl (C=O) groups excluding carboxylic acids is 1. The van der Waals surface area contributed by atoms with Crippen molar-refractivity contribution in [1.29, 1.82) is 0 Å². The number of ketones is 1. The highest BCUT2D eigenvalue weighted by molar-refractivity contribution is 7.89. The number of hydrogen-bond acceptors (Lipinski definition) is 6. The van der Waals surface area contributed by atoms with Crippen molar-refractivity contribution in [3.63, 3.8) is 0 Å². The molecule has 7 nitrogen and oxygen atoms in total. The van der Waals surface area contributed by atoms with Crippen LogP contribution in [-0.4, -0.2) is 49.6 Å².